The zero-order valence-electron chi connectivity index (χ0n) is 10.6. The van der Waals surface area contributed by atoms with Gasteiger partial charge in [0.15, 0.2) is 0 Å². The second-order valence-electron chi connectivity index (χ2n) is 4.60. The van der Waals surface area contributed by atoms with E-state index in [1.54, 1.807) is 0 Å². The van der Waals surface area contributed by atoms with Gasteiger partial charge in [-0.2, -0.15) is 0 Å². The van der Waals surface area contributed by atoms with Crippen molar-refractivity contribution in [2.45, 2.75) is 31.9 Å². The lowest BCUT2D eigenvalue weighted by molar-refractivity contribution is -0.120. The van der Waals surface area contributed by atoms with Crippen LogP contribution < -0.4 is 11.1 Å². The highest BCUT2D eigenvalue weighted by Crippen LogP contribution is 2.25. The van der Waals surface area contributed by atoms with E-state index in [0.29, 0.717) is 0 Å². The van der Waals surface area contributed by atoms with E-state index < -0.39 is 6.03 Å². The summed E-state index contributed by atoms with van der Waals surface area (Å²) in [5.41, 5.74) is 4.96. The van der Waals surface area contributed by atoms with Crippen molar-refractivity contribution in [3.63, 3.8) is 0 Å². The summed E-state index contributed by atoms with van der Waals surface area (Å²) in [5.74, 6) is -0.293. The third kappa shape index (κ3) is 4.45. The fourth-order valence-electron chi connectivity index (χ4n) is 1.77. The van der Waals surface area contributed by atoms with E-state index in [-0.39, 0.29) is 17.1 Å². The van der Waals surface area contributed by atoms with Crippen molar-refractivity contribution >= 4 is 40.2 Å². The van der Waals surface area contributed by atoms with Crippen molar-refractivity contribution < 1.29 is 9.59 Å². The Kier molecular flexibility index (Phi) is 5.87. The Balaban J connectivity index is 2.59. The van der Waals surface area contributed by atoms with E-state index in [9.17, 15) is 9.59 Å². The van der Waals surface area contributed by atoms with Gasteiger partial charge >= 0.3 is 6.03 Å². The van der Waals surface area contributed by atoms with Crippen LogP contribution in [0.2, 0.25) is 0 Å². The molecule has 1 atom stereocenters. The number of nitrogens with two attached hydrogens (primary N) is 1. The van der Waals surface area contributed by atoms with Crippen LogP contribution in [-0.4, -0.2) is 39.5 Å². The Morgan fingerprint density at radius 3 is 2.33 bits per heavy atom. The van der Waals surface area contributed by atoms with E-state index in [0.717, 1.165) is 30.3 Å². The van der Waals surface area contributed by atoms with Crippen molar-refractivity contribution in [1.82, 2.24) is 10.2 Å². The fraction of sp³-hybridized carbons (Fsp3) is 0.727. The number of nitrogens with zero attached hydrogens (tertiary/aromatic N) is 1. The van der Waals surface area contributed by atoms with Crippen LogP contribution in [0, 0.1) is 5.92 Å². The molecule has 1 aliphatic rings. The highest BCUT2D eigenvalue weighted by atomic mass is 32.2. The highest BCUT2D eigenvalue weighted by molar-refractivity contribution is 8.23. The van der Waals surface area contributed by atoms with E-state index in [4.69, 9.17) is 18.0 Å². The molecule has 18 heavy (non-hydrogen) atoms. The number of hydrogen-bond acceptors (Lipinski definition) is 4. The minimum Gasteiger partial charge on any atom is -0.358 e. The number of rotatable bonds is 3. The lowest BCUT2D eigenvalue weighted by atomic mass is 10.1. The maximum absolute atomic E-state index is 11.8. The summed E-state index contributed by atoms with van der Waals surface area (Å²) >= 11 is 6.67. The zero-order valence-corrected chi connectivity index (χ0v) is 12.3. The van der Waals surface area contributed by atoms with Crippen LogP contribution in [0.5, 0.6) is 0 Å². The number of thiocarbonyl (C=S) groups is 1. The predicted octanol–water partition coefficient (Wildman–Crippen LogP) is 1.32. The second-order valence-corrected chi connectivity index (χ2v) is 6.37. The topological polar surface area (TPSA) is 75.4 Å². The zero-order chi connectivity index (χ0) is 13.7. The van der Waals surface area contributed by atoms with Crippen molar-refractivity contribution in [1.29, 1.82) is 0 Å². The number of hydrogen-bond donors (Lipinski definition) is 2. The Morgan fingerprint density at radius 1 is 1.33 bits per heavy atom. The molecule has 0 radical (unpaired) electrons. The average Bonchev–Trinajstić information content (AvgIpc) is 2.77. The largest absolute Gasteiger partial charge is 0.358 e. The van der Waals surface area contributed by atoms with Gasteiger partial charge in [0.1, 0.15) is 4.32 Å². The molecular weight excluding hydrogens is 270 g/mol. The Hall–Kier alpha value is -0.820. The molecule has 0 unspecified atom stereocenters. The number of carbonyl (C=O) groups is 2. The molecule has 3 N–H and O–H groups in total. The van der Waals surface area contributed by atoms with Gasteiger partial charge in [-0.05, 0) is 18.8 Å². The third-order valence-electron chi connectivity index (χ3n) is 2.70. The molecule has 0 aromatic carbocycles. The van der Waals surface area contributed by atoms with E-state index in [1.165, 1.54) is 11.8 Å². The maximum Gasteiger partial charge on any atom is 0.318 e. The molecule has 1 heterocycles. The van der Waals surface area contributed by atoms with Gasteiger partial charge in [0.25, 0.3) is 0 Å². The number of thioether (sulfide) groups is 1. The van der Waals surface area contributed by atoms with E-state index in [2.05, 4.69) is 10.2 Å². The minimum atomic E-state index is -0.821. The highest BCUT2D eigenvalue weighted by Gasteiger charge is 2.27. The standard InChI is InChI=1S/C11H19N3O2S2/c1-7(2)8(9(15)13-10(12)16)18-11(17)14-5-3-4-6-14/h7-8H,3-6H2,1-2H3,(H3,12,13,15,16)/t8-/m0/s1. The van der Waals surface area contributed by atoms with Gasteiger partial charge in [0.2, 0.25) is 5.91 Å². The number of amides is 3. The van der Waals surface area contributed by atoms with E-state index in [1.807, 2.05) is 13.8 Å². The lowest BCUT2D eigenvalue weighted by Gasteiger charge is -2.24. The number of likely N-dealkylation sites (tertiary alicyclic amines) is 1. The van der Waals surface area contributed by atoms with Crippen LogP contribution in [0.1, 0.15) is 26.7 Å². The maximum atomic E-state index is 11.8. The van der Waals surface area contributed by atoms with Crippen LogP contribution in [0.3, 0.4) is 0 Å². The summed E-state index contributed by atoms with van der Waals surface area (Å²) in [7, 11) is 0. The first-order valence-corrected chi connectivity index (χ1v) is 7.26. The van der Waals surface area contributed by atoms with Gasteiger partial charge in [-0.1, -0.05) is 37.8 Å². The molecule has 0 spiro atoms. The monoisotopic (exact) mass is 289 g/mol. The van der Waals surface area contributed by atoms with Gasteiger partial charge in [0.05, 0.1) is 5.25 Å². The average molecular weight is 289 g/mol. The normalized spacial score (nSPS) is 16.7. The molecule has 7 heteroatoms. The Morgan fingerprint density at radius 2 is 1.89 bits per heavy atom. The quantitative estimate of drug-likeness (QED) is 0.766. The minimum absolute atomic E-state index is 0.0786. The van der Waals surface area contributed by atoms with Crippen molar-refractivity contribution in [2.24, 2.45) is 11.7 Å². The summed E-state index contributed by atoms with van der Waals surface area (Å²) in [4.78, 5) is 24.7. The van der Waals surface area contributed by atoms with Gasteiger partial charge in [-0.3, -0.25) is 10.1 Å². The molecular formula is C11H19N3O2S2. The second kappa shape index (κ2) is 6.94. The van der Waals surface area contributed by atoms with Crippen LogP contribution >= 0.6 is 24.0 Å². The smallest absolute Gasteiger partial charge is 0.318 e. The molecule has 1 aliphatic heterocycles. The summed E-state index contributed by atoms with van der Waals surface area (Å²) in [6.45, 7) is 5.75. The van der Waals surface area contributed by atoms with Crippen molar-refractivity contribution in [2.75, 3.05) is 13.1 Å². The molecule has 102 valence electrons. The number of nitrogens with one attached hydrogen (secondary N) is 1. The number of imide groups is 1. The van der Waals surface area contributed by atoms with Gasteiger partial charge < -0.3 is 10.6 Å². The molecule has 1 fully saturated rings. The summed E-state index contributed by atoms with van der Waals surface area (Å²) in [6, 6.07) is -0.821. The van der Waals surface area contributed by atoms with Gasteiger partial charge in [0, 0.05) is 13.1 Å². The first-order valence-electron chi connectivity index (χ1n) is 5.97. The Bertz CT molecular complexity index is 341. The number of urea groups is 1. The molecule has 5 nitrogen and oxygen atoms in total. The Labute approximate surface area is 117 Å². The molecule has 0 aliphatic carbocycles. The summed E-state index contributed by atoms with van der Waals surface area (Å²) in [5, 5.41) is 1.74. The van der Waals surface area contributed by atoms with Crippen molar-refractivity contribution in [3.8, 4) is 0 Å². The first kappa shape index (κ1) is 15.2. The molecule has 0 bridgehead atoms. The molecule has 0 aromatic heterocycles. The van der Waals surface area contributed by atoms with Crippen LogP contribution in [0.4, 0.5) is 4.79 Å². The number of carbonyl (C=O) groups excluding carboxylic acids is 2. The van der Waals surface area contributed by atoms with E-state index >= 15 is 0 Å². The number of primary amides is 1. The molecule has 1 rings (SSSR count). The third-order valence-corrected chi connectivity index (χ3v) is 4.72. The molecule has 3 amide bonds. The van der Waals surface area contributed by atoms with Crippen LogP contribution in [0.25, 0.3) is 0 Å². The molecule has 1 saturated heterocycles. The van der Waals surface area contributed by atoms with Gasteiger partial charge in [-0.25, -0.2) is 4.79 Å². The van der Waals surface area contributed by atoms with Gasteiger partial charge in [-0.15, -0.1) is 0 Å². The predicted molar refractivity (Wildman–Crippen MR) is 77.3 cm³/mol. The van der Waals surface area contributed by atoms with Crippen molar-refractivity contribution in [3.05, 3.63) is 0 Å². The molecule has 0 saturated carbocycles. The van der Waals surface area contributed by atoms with Crippen LogP contribution in [-0.2, 0) is 4.79 Å². The lowest BCUT2D eigenvalue weighted by Crippen LogP contribution is -2.43. The molecule has 0 aromatic rings. The van der Waals surface area contributed by atoms with Crippen LogP contribution in [0.15, 0.2) is 0 Å². The summed E-state index contributed by atoms with van der Waals surface area (Å²) < 4.78 is 0.728. The SMILES string of the molecule is CC(C)[C@H](SC(=S)N1CCCC1)C(=O)NC(N)=O. The fourth-order valence-corrected chi connectivity index (χ4v) is 3.25. The first-order chi connectivity index (χ1) is 8.41. The summed E-state index contributed by atoms with van der Waals surface area (Å²) in [6.07, 6.45) is 2.28.